The Hall–Kier alpha value is -0.274. The van der Waals surface area contributed by atoms with E-state index in [2.05, 4.69) is 0 Å². The summed E-state index contributed by atoms with van der Waals surface area (Å²) < 4.78 is 0. The van der Waals surface area contributed by atoms with Gasteiger partial charge in [-0.3, -0.25) is 0 Å². The number of aromatic hydroxyl groups is 2. The number of benzene rings is 1. The monoisotopic (exact) mass is 208 g/mol. The third-order valence-corrected chi connectivity index (χ3v) is 1.28. The van der Waals surface area contributed by atoms with Crippen molar-refractivity contribution in [1.29, 1.82) is 0 Å². The van der Waals surface area contributed by atoms with Gasteiger partial charge in [-0.2, -0.15) is 0 Å². The average Bonchev–Trinajstić information content (AvgIpc) is 1.82. The van der Waals surface area contributed by atoms with Crippen LogP contribution in [0.5, 0.6) is 17.2 Å². The SMILES string of the molecule is O=C(O)c1c(O)cc([O-])cc1O.[K+]. The van der Waals surface area contributed by atoms with Crippen molar-refractivity contribution in [2.75, 3.05) is 0 Å². The molecule has 0 amide bonds. The van der Waals surface area contributed by atoms with Crippen LogP contribution in [0.15, 0.2) is 12.1 Å². The summed E-state index contributed by atoms with van der Waals surface area (Å²) in [6.07, 6.45) is 0. The second-order valence-corrected chi connectivity index (χ2v) is 2.14. The van der Waals surface area contributed by atoms with Crippen LogP contribution in [0.3, 0.4) is 0 Å². The number of hydrogen-bond acceptors (Lipinski definition) is 4. The van der Waals surface area contributed by atoms with Gasteiger partial charge in [0, 0.05) is 0 Å². The Morgan fingerprint density at radius 1 is 1.23 bits per heavy atom. The van der Waals surface area contributed by atoms with E-state index in [0.29, 0.717) is 0 Å². The summed E-state index contributed by atoms with van der Waals surface area (Å²) in [6, 6.07) is 1.45. The minimum atomic E-state index is -1.48. The third-order valence-electron chi connectivity index (χ3n) is 1.28. The fourth-order valence-corrected chi connectivity index (χ4v) is 0.806. The predicted molar refractivity (Wildman–Crippen MR) is 36.2 cm³/mol. The van der Waals surface area contributed by atoms with Gasteiger partial charge in [-0.1, -0.05) is 0 Å². The Morgan fingerprint density at radius 3 is 1.92 bits per heavy atom. The van der Waals surface area contributed by atoms with Gasteiger partial charge in [0.05, 0.1) is 0 Å². The van der Waals surface area contributed by atoms with Crippen LogP contribution in [-0.2, 0) is 0 Å². The minimum Gasteiger partial charge on any atom is -0.872 e. The van der Waals surface area contributed by atoms with Crippen molar-refractivity contribution >= 4 is 5.97 Å². The van der Waals surface area contributed by atoms with Crippen LogP contribution in [0.25, 0.3) is 0 Å². The Balaban J connectivity index is 0.00000144. The zero-order valence-corrected chi connectivity index (χ0v) is 9.94. The fraction of sp³-hybridized carbons (Fsp3) is 0. The van der Waals surface area contributed by atoms with E-state index in [9.17, 15) is 9.90 Å². The smallest absolute Gasteiger partial charge is 0.872 e. The first-order chi connectivity index (χ1) is 5.52. The molecule has 0 aliphatic carbocycles. The number of carbonyl (C=O) groups is 1. The van der Waals surface area contributed by atoms with Crippen LogP contribution < -0.4 is 56.5 Å². The summed E-state index contributed by atoms with van der Waals surface area (Å²) in [7, 11) is 0. The van der Waals surface area contributed by atoms with E-state index in [1.54, 1.807) is 0 Å². The normalized spacial score (nSPS) is 8.92. The number of hydrogen-bond donors (Lipinski definition) is 3. The number of aromatic carboxylic acids is 1. The molecule has 0 bridgehead atoms. The fourth-order valence-electron chi connectivity index (χ4n) is 0.806. The second kappa shape index (κ2) is 4.82. The maximum atomic E-state index is 10.6. The number of rotatable bonds is 1. The molecule has 0 saturated heterocycles. The zero-order valence-electron chi connectivity index (χ0n) is 6.81. The van der Waals surface area contributed by atoms with Crippen molar-refractivity contribution in [3.05, 3.63) is 17.7 Å². The molecular formula is C7H5KO5. The molecule has 5 nitrogen and oxygen atoms in total. The van der Waals surface area contributed by atoms with Crippen LogP contribution in [0.2, 0.25) is 0 Å². The van der Waals surface area contributed by atoms with Crippen molar-refractivity contribution in [1.82, 2.24) is 0 Å². The van der Waals surface area contributed by atoms with Crippen LogP contribution in [-0.4, -0.2) is 21.3 Å². The molecule has 0 aliphatic heterocycles. The molecule has 0 spiro atoms. The van der Waals surface area contributed by atoms with E-state index < -0.39 is 28.8 Å². The number of phenols is 2. The molecule has 0 radical (unpaired) electrons. The van der Waals surface area contributed by atoms with Crippen molar-refractivity contribution in [3.63, 3.8) is 0 Å². The summed E-state index contributed by atoms with van der Waals surface area (Å²) in [5.74, 6) is -3.58. The van der Waals surface area contributed by atoms with Gasteiger partial charge in [-0.15, -0.1) is 5.75 Å². The van der Waals surface area contributed by atoms with Crippen LogP contribution in [0.1, 0.15) is 10.4 Å². The summed E-state index contributed by atoms with van der Waals surface area (Å²) in [4.78, 5) is 10.3. The average molecular weight is 208 g/mol. The second-order valence-electron chi connectivity index (χ2n) is 2.14. The topological polar surface area (TPSA) is 101 Å². The van der Waals surface area contributed by atoms with Crippen molar-refractivity contribution in [2.24, 2.45) is 0 Å². The molecule has 0 saturated carbocycles. The zero-order chi connectivity index (χ0) is 9.30. The third kappa shape index (κ3) is 2.85. The van der Waals surface area contributed by atoms with Crippen molar-refractivity contribution < 1.29 is 76.6 Å². The van der Waals surface area contributed by atoms with E-state index in [0.717, 1.165) is 12.1 Å². The van der Waals surface area contributed by atoms with Gasteiger partial charge in [0.2, 0.25) is 0 Å². The maximum Gasteiger partial charge on any atom is 1.00 e. The molecule has 1 aromatic carbocycles. The first-order valence-electron chi connectivity index (χ1n) is 2.98. The minimum absolute atomic E-state index is 0. The number of carboxylic acid groups (broad SMARTS) is 1. The summed E-state index contributed by atoms with van der Waals surface area (Å²) in [5, 5.41) is 36.8. The molecule has 1 aromatic rings. The Kier molecular flexibility index (Phi) is 4.72. The van der Waals surface area contributed by atoms with Crippen molar-refractivity contribution in [2.45, 2.75) is 0 Å². The van der Waals surface area contributed by atoms with E-state index in [1.165, 1.54) is 0 Å². The number of carboxylic acids is 1. The molecule has 0 atom stereocenters. The summed E-state index contributed by atoms with van der Waals surface area (Å²) in [6.45, 7) is 0. The molecule has 0 heterocycles. The molecule has 0 unspecified atom stereocenters. The Bertz CT molecular complexity index is 313. The van der Waals surface area contributed by atoms with E-state index >= 15 is 0 Å². The first-order valence-corrected chi connectivity index (χ1v) is 2.98. The maximum absolute atomic E-state index is 10.6. The molecule has 0 aromatic heterocycles. The van der Waals surface area contributed by atoms with Crippen LogP contribution in [0, 0.1) is 0 Å². The van der Waals surface area contributed by atoms with E-state index in [-0.39, 0.29) is 51.4 Å². The quantitative estimate of drug-likeness (QED) is 0.424. The molecule has 0 fully saturated rings. The van der Waals surface area contributed by atoms with Crippen LogP contribution >= 0.6 is 0 Å². The van der Waals surface area contributed by atoms with E-state index in [1.807, 2.05) is 0 Å². The molecule has 6 heteroatoms. The van der Waals surface area contributed by atoms with E-state index in [4.69, 9.17) is 15.3 Å². The molecule has 0 aliphatic rings. The van der Waals surface area contributed by atoms with Gasteiger partial charge >= 0.3 is 57.4 Å². The standard InChI is InChI=1S/C7H6O5.K/c8-3-1-4(9)6(7(11)12)5(10)2-3;/h1-2,8-10H,(H,11,12);/q;+1/p-1. The van der Waals surface area contributed by atoms with Gasteiger partial charge in [0.25, 0.3) is 0 Å². The van der Waals surface area contributed by atoms with Crippen molar-refractivity contribution in [3.8, 4) is 17.2 Å². The molecule has 3 N–H and O–H groups in total. The van der Waals surface area contributed by atoms with Gasteiger partial charge < -0.3 is 20.4 Å². The largest absolute Gasteiger partial charge is 1.00 e. The van der Waals surface area contributed by atoms with Gasteiger partial charge in [0.1, 0.15) is 17.1 Å². The predicted octanol–water partition coefficient (Wildman–Crippen LogP) is -3.13. The first kappa shape index (κ1) is 12.7. The summed E-state index contributed by atoms with van der Waals surface area (Å²) in [5.41, 5.74) is -0.658. The summed E-state index contributed by atoms with van der Waals surface area (Å²) >= 11 is 0. The molecule has 64 valence electrons. The van der Waals surface area contributed by atoms with Gasteiger partial charge in [-0.05, 0) is 12.1 Å². The molecule has 13 heavy (non-hydrogen) atoms. The molecule has 1 rings (SSSR count). The molecular weight excluding hydrogens is 203 g/mol. The van der Waals surface area contributed by atoms with Gasteiger partial charge in [-0.25, -0.2) is 4.79 Å². The van der Waals surface area contributed by atoms with Gasteiger partial charge in [0.15, 0.2) is 0 Å². The van der Waals surface area contributed by atoms with Crippen LogP contribution in [0.4, 0.5) is 0 Å². The Labute approximate surface area is 116 Å². The Morgan fingerprint density at radius 2 is 1.62 bits per heavy atom.